The molecule has 0 fully saturated rings. The minimum atomic E-state index is 0.145. The fourth-order valence-electron chi connectivity index (χ4n) is 2.00. The quantitative estimate of drug-likeness (QED) is 0.809. The van der Waals surface area contributed by atoms with Crippen molar-refractivity contribution in [3.8, 4) is 0 Å². The number of aromatic nitrogens is 1. The van der Waals surface area contributed by atoms with Crippen LogP contribution in [0, 0.1) is 0 Å². The summed E-state index contributed by atoms with van der Waals surface area (Å²) in [5.41, 5.74) is 1.43. The Kier molecular flexibility index (Phi) is 6.46. The summed E-state index contributed by atoms with van der Waals surface area (Å²) in [6, 6.07) is 0. The standard InChI is InChI=1S/C16H31N3S/c1-8-10-19(7)15-18-14(12(3)9-2)13(20-15)11-17-16(4,5)6/h12,17H,8-11H2,1-7H3. The van der Waals surface area contributed by atoms with Gasteiger partial charge in [0.2, 0.25) is 0 Å². The normalized spacial score (nSPS) is 13.6. The Labute approximate surface area is 128 Å². The second-order valence-corrected chi connectivity index (χ2v) is 7.70. The van der Waals surface area contributed by atoms with E-state index in [0.29, 0.717) is 5.92 Å². The third-order valence-corrected chi connectivity index (χ3v) is 4.65. The molecule has 0 aliphatic carbocycles. The monoisotopic (exact) mass is 297 g/mol. The average Bonchev–Trinajstić information content (AvgIpc) is 2.79. The molecule has 116 valence electrons. The topological polar surface area (TPSA) is 28.2 Å². The zero-order valence-electron chi connectivity index (χ0n) is 14.2. The Morgan fingerprint density at radius 2 is 1.95 bits per heavy atom. The molecule has 1 heterocycles. The van der Waals surface area contributed by atoms with E-state index >= 15 is 0 Å². The lowest BCUT2D eigenvalue weighted by atomic mass is 10.0. The fourth-order valence-corrected chi connectivity index (χ4v) is 3.10. The first kappa shape index (κ1) is 17.4. The molecule has 1 aromatic rings. The number of nitrogens with one attached hydrogen (secondary N) is 1. The molecule has 0 bridgehead atoms. The minimum absolute atomic E-state index is 0.145. The van der Waals surface area contributed by atoms with Crippen LogP contribution < -0.4 is 10.2 Å². The lowest BCUT2D eigenvalue weighted by Gasteiger charge is -2.20. The van der Waals surface area contributed by atoms with Crippen LogP contribution in [0.2, 0.25) is 0 Å². The van der Waals surface area contributed by atoms with Gasteiger partial charge in [-0.25, -0.2) is 4.98 Å². The average molecular weight is 298 g/mol. The summed E-state index contributed by atoms with van der Waals surface area (Å²) in [7, 11) is 2.14. The largest absolute Gasteiger partial charge is 0.351 e. The predicted molar refractivity (Wildman–Crippen MR) is 91.0 cm³/mol. The van der Waals surface area contributed by atoms with Gasteiger partial charge in [-0.2, -0.15) is 0 Å². The molecule has 1 aromatic heterocycles. The van der Waals surface area contributed by atoms with Crippen LogP contribution in [0.3, 0.4) is 0 Å². The van der Waals surface area contributed by atoms with Crippen LogP contribution in [-0.2, 0) is 6.54 Å². The maximum atomic E-state index is 4.90. The first-order valence-electron chi connectivity index (χ1n) is 7.74. The van der Waals surface area contributed by atoms with Gasteiger partial charge < -0.3 is 10.2 Å². The lowest BCUT2D eigenvalue weighted by molar-refractivity contribution is 0.424. The first-order chi connectivity index (χ1) is 9.28. The van der Waals surface area contributed by atoms with Crippen molar-refractivity contribution in [2.45, 2.75) is 72.4 Å². The SMILES string of the molecule is CCCN(C)c1nc(C(C)CC)c(CNC(C)(C)C)s1. The highest BCUT2D eigenvalue weighted by atomic mass is 32.1. The van der Waals surface area contributed by atoms with E-state index in [1.165, 1.54) is 10.6 Å². The second-order valence-electron chi connectivity index (χ2n) is 6.64. The Morgan fingerprint density at radius 3 is 2.45 bits per heavy atom. The van der Waals surface area contributed by atoms with Crippen molar-refractivity contribution in [3.63, 3.8) is 0 Å². The van der Waals surface area contributed by atoms with Crippen molar-refractivity contribution in [2.24, 2.45) is 0 Å². The molecular formula is C16H31N3S. The van der Waals surface area contributed by atoms with E-state index in [1.807, 2.05) is 11.3 Å². The van der Waals surface area contributed by atoms with E-state index in [-0.39, 0.29) is 5.54 Å². The molecule has 0 aliphatic rings. The molecule has 4 heteroatoms. The molecule has 0 saturated carbocycles. The number of hydrogen-bond acceptors (Lipinski definition) is 4. The van der Waals surface area contributed by atoms with E-state index in [0.717, 1.165) is 31.1 Å². The van der Waals surface area contributed by atoms with Gasteiger partial charge in [-0.1, -0.05) is 20.8 Å². The number of thiazole rings is 1. The smallest absolute Gasteiger partial charge is 0.185 e. The Bertz CT molecular complexity index is 406. The van der Waals surface area contributed by atoms with Crippen molar-refractivity contribution in [1.29, 1.82) is 0 Å². The second kappa shape index (κ2) is 7.41. The molecule has 3 nitrogen and oxygen atoms in total. The van der Waals surface area contributed by atoms with Crippen LogP contribution in [-0.4, -0.2) is 24.1 Å². The Hall–Kier alpha value is -0.610. The van der Waals surface area contributed by atoms with E-state index < -0.39 is 0 Å². The van der Waals surface area contributed by atoms with Crippen LogP contribution >= 0.6 is 11.3 Å². The van der Waals surface area contributed by atoms with Crippen LogP contribution in [0.4, 0.5) is 5.13 Å². The summed E-state index contributed by atoms with van der Waals surface area (Å²) in [6.07, 6.45) is 2.30. The highest BCUT2D eigenvalue weighted by Crippen LogP contribution is 2.32. The summed E-state index contributed by atoms with van der Waals surface area (Å²) >= 11 is 1.84. The Balaban J connectivity index is 2.94. The highest BCUT2D eigenvalue weighted by Gasteiger charge is 2.19. The van der Waals surface area contributed by atoms with Crippen LogP contribution in [0.5, 0.6) is 0 Å². The Morgan fingerprint density at radius 1 is 1.30 bits per heavy atom. The van der Waals surface area contributed by atoms with Gasteiger partial charge in [0.05, 0.1) is 5.69 Å². The van der Waals surface area contributed by atoms with Crippen molar-refractivity contribution in [1.82, 2.24) is 10.3 Å². The molecule has 0 aromatic carbocycles. The lowest BCUT2D eigenvalue weighted by Crippen LogP contribution is -2.35. The minimum Gasteiger partial charge on any atom is -0.351 e. The molecule has 1 N–H and O–H groups in total. The van der Waals surface area contributed by atoms with Gasteiger partial charge in [-0.15, -0.1) is 11.3 Å². The van der Waals surface area contributed by atoms with Crippen molar-refractivity contribution >= 4 is 16.5 Å². The van der Waals surface area contributed by atoms with Gasteiger partial charge in [0.25, 0.3) is 0 Å². The highest BCUT2D eigenvalue weighted by molar-refractivity contribution is 7.15. The molecule has 1 rings (SSSR count). The number of hydrogen-bond donors (Lipinski definition) is 1. The number of anilines is 1. The number of nitrogens with zero attached hydrogens (tertiary/aromatic N) is 2. The first-order valence-corrected chi connectivity index (χ1v) is 8.55. The molecule has 20 heavy (non-hydrogen) atoms. The molecule has 0 radical (unpaired) electrons. The van der Waals surface area contributed by atoms with Gasteiger partial charge in [0, 0.05) is 30.6 Å². The van der Waals surface area contributed by atoms with Crippen LogP contribution in [0.25, 0.3) is 0 Å². The summed E-state index contributed by atoms with van der Waals surface area (Å²) in [5, 5.41) is 4.75. The molecule has 1 atom stereocenters. The third kappa shape index (κ3) is 5.06. The van der Waals surface area contributed by atoms with Gasteiger partial charge >= 0.3 is 0 Å². The molecule has 0 aliphatic heterocycles. The summed E-state index contributed by atoms with van der Waals surface area (Å²) in [6.45, 7) is 15.3. The summed E-state index contributed by atoms with van der Waals surface area (Å²) in [5.74, 6) is 0.534. The van der Waals surface area contributed by atoms with Gasteiger partial charge in [-0.3, -0.25) is 0 Å². The predicted octanol–water partition coefficient (Wildman–Crippen LogP) is 4.39. The van der Waals surface area contributed by atoms with Gasteiger partial charge in [0.15, 0.2) is 5.13 Å². The number of rotatable bonds is 7. The molecule has 0 spiro atoms. The molecule has 1 unspecified atom stereocenters. The van der Waals surface area contributed by atoms with E-state index in [1.54, 1.807) is 0 Å². The van der Waals surface area contributed by atoms with Crippen LogP contribution in [0.15, 0.2) is 0 Å². The maximum absolute atomic E-state index is 4.90. The summed E-state index contributed by atoms with van der Waals surface area (Å²) < 4.78 is 0. The fraction of sp³-hybridized carbons (Fsp3) is 0.812. The van der Waals surface area contributed by atoms with Crippen molar-refractivity contribution in [2.75, 3.05) is 18.5 Å². The van der Waals surface area contributed by atoms with Gasteiger partial charge in [-0.05, 0) is 39.5 Å². The van der Waals surface area contributed by atoms with Crippen molar-refractivity contribution in [3.05, 3.63) is 10.6 Å². The zero-order chi connectivity index (χ0) is 15.3. The van der Waals surface area contributed by atoms with E-state index in [9.17, 15) is 0 Å². The van der Waals surface area contributed by atoms with Crippen molar-refractivity contribution < 1.29 is 0 Å². The molecule has 0 saturated heterocycles. The summed E-state index contributed by atoms with van der Waals surface area (Å²) in [4.78, 5) is 8.58. The third-order valence-electron chi connectivity index (χ3n) is 3.46. The van der Waals surface area contributed by atoms with E-state index in [4.69, 9.17) is 4.98 Å². The van der Waals surface area contributed by atoms with Gasteiger partial charge in [0.1, 0.15) is 0 Å². The zero-order valence-corrected chi connectivity index (χ0v) is 15.0. The molecular weight excluding hydrogens is 266 g/mol. The van der Waals surface area contributed by atoms with E-state index in [2.05, 4.69) is 58.8 Å². The maximum Gasteiger partial charge on any atom is 0.185 e. The van der Waals surface area contributed by atoms with Crippen LogP contribution in [0.1, 0.15) is 70.9 Å². The molecule has 0 amide bonds.